The zero-order valence-electron chi connectivity index (χ0n) is 40.6. The lowest BCUT2D eigenvalue weighted by atomic mass is 9.97. The second kappa shape index (κ2) is 11.6. The van der Waals surface area contributed by atoms with E-state index < -0.39 is 118 Å². The van der Waals surface area contributed by atoms with Crippen LogP contribution in [0.1, 0.15) is 20.6 Å². The molecule has 4 nitrogen and oxygen atoms in total. The van der Waals surface area contributed by atoms with E-state index in [9.17, 15) is 5.48 Å². The number of fused-ring (bicyclic) bond motifs is 6. The first-order chi connectivity index (χ1) is 31.0. The van der Waals surface area contributed by atoms with Crippen LogP contribution < -0.4 is 0 Å². The number of hydrogen-bond acceptors (Lipinski definition) is 5. The topological polar surface area (TPSA) is 51.8 Å². The van der Waals surface area contributed by atoms with E-state index in [0.717, 1.165) is 20.2 Å². The van der Waals surface area contributed by atoms with Gasteiger partial charge in [-0.3, -0.25) is 0 Å². The number of aromatic nitrogens is 3. The minimum atomic E-state index is -0.840. The number of benzene rings is 7. The minimum Gasteiger partial charge on any atom is -0.455 e. The Balaban J connectivity index is 1.25. The Labute approximate surface area is 313 Å². The highest BCUT2D eigenvalue weighted by molar-refractivity contribution is 7.25. The predicted octanol–water partition coefficient (Wildman–Crippen LogP) is 12.5. The number of thiophene rings is 1. The van der Waals surface area contributed by atoms with Gasteiger partial charge in [-0.1, -0.05) is 133 Å². The molecule has 0 radical (unpaired) electrons. The Morgan fingerprint density at radius 1 is 0.460 bits per heavy atom. The lowest BCUT2D eigenvalue weighted by Crippen LogP contribution is -2.00. The molecule has 0 aliphatic rings. The van der Waals surface area contributed by atoms with Gasteiger partial charge < -0.3 is 4.42 Å². The molecule has 0 amide bonds. The average molecular weight is 673 g/mol. The molecule has 0 fully saturated rings. The highest BCUT2D eigenvalue weighted by atomic mass is 32.1. The smallest absolute Gasteiger partial charge is 0.164 e. The Morgan fingerprint density at radius 3 is 2.06 bits per heavy atom. The maximum Gasteiger partial charge on any atom is 0.164 e. The van der Waals surface area contributed by atoms with Crippen molar-refractivity contribution in [3.05, 3.63) is 163 Å². The Kier molecular flexibility index (Phi) is 4.02. The van der Waals surface area contributed by atoms with Crippen LogP contribution in [-0.4, -0.2) is 15.0 Å². The fraction of sp³-hybridized carbons (Fsp3) is 0. The van der Waals surface area contributed by atoms with Crippen LogP contribution in [0.5, 0.6) is 0 Å². The first-order valence-corrected chi connectivity index (χ1v) is 16.2. The zero-order chi connectivity index (χ0) is 46.1. The van der Waals surface area contributed by atoms with Crippen molar-refractivity contribution in [2.75, 3.05) is 0 Å². The molecular weight excluding hydrogens is 631 g/mol. The molecule has 234 valence electrons. The molecule has 0 N–H and O–H groups in total. The summed E-state index contributed by atoms with van der Waals surface area (Å²) < 4.78 is 141. The summed E-state index contributed by atoms with van der Waals surface area (Å²) in [6.07, 6.45) is 0. The van der Waals surface area contributed by atoms with Crippen LogP contribution in [-0.2, 0) is 0 Å². The van der Waals surface area contributed by atoms with Crippen LogP contribution in [0.25, 0.3) is 98.5 Å². The molecule has 0 aliphatic carbocycles. The molecule has 3 aromatic heterocycles. The normalized spacial score (nSPS) is 15.8. The molecule has 50 heavy (non-hydrogen) atoms. The summed E-state index contributed by atoms with van der Waals surface area (Å²) in [5.74, 6) is 0.261. The second-order valence-corrected chi connectivity index (χ2v) is 12.3. The van der Waals surface area contributed by atoms with Crippen molar-refractivity contribution >= 4 is 53.4 Å². The number of nitrogens with zero attached hydrogens (tertiary/aromatic N) is 3. The van der Waals surface area contributed by atoms with Crippen molar-refractivity contribution in [2.24, 2.45) is 0 Å². The van der Waals surface area contributed by atoms with E-state index in [1.54, 1.807) is 35.6 Å². The first-order valence-electron chi connectivity index (χ1n) is 22.9. The molecule has 0 bridgehead atoms. The third kappa shape index (κ3) is 4.87. The summed E-state index contributed by atoms with van der Waals surface area (Å²) in [7, 11) is 0. The lowest BCUT2D eigenvalue weighted by Gasteiger charge is -2.08. The molecule has 0 atom stereocenters. The lowest BCUT2D eigenvalue weighted by molar-refractivity contribution is 0.670. The fourth-order valence-electron chi connectivity index (χ4n) is 5.87. The van der Waals surface area contributed by atoms with E-state index in [4.69, 9.17) is 34.4 Å². The van der Waals surface area contributed by atoms with E-state index in [0.29, 0.717) is 11.1 Å². The summed E-state index contributed by atoms with van der Waals surface area (Å²) in [4.78, 5) is 14.3. The summed E-state index contributed by atoms with van der Waals surface area (Å²) >= 11 is 1.60. The van der Waals surface area contributed by atoms with Crippen LogP contribution in [0.15, 0.2) is 168 Å². The molecule has 5 heteroatoms. The third-order valence-electron chi connectivity index (χ3n) is 8.21. The SMILES string of the molecule is [2H]c1c([2H])c([2H])c(-c2c([2H])c([2H])c([2H])c(-c3c([2H])c([2H])c([2H])c4c3oc3c([2H])c(-c5nc(-c6ccccc6)nc(-c6ccc7c(c6)sc6ccccc67)n5)c([2H])c([2H])c34)c2[2H])c([2H])c1[2H]. The fourth-order valence-corrected chi connectivity index (χ4v) is 7.02. The molecule has 7 aromatic carbocycles. The van der Waals surface area contributed by atoms with Crippen molar-refractivity contribution in [1.82, 2.24) is 15.0 Å². The van der Waals surface area contributed by atoms with E-state index >= 15 is 0 Å². The van der Waals surface area contributed by atoms with E-state index in [2.05, 4.69) is 0 Å². The van der Waals surface area contributed by atoms with Crippen LogP contribution in [0.4, 0.5) is 0 Å². The van der Waals surface area contributed by atoms with Crippen LogP contribution in [0, 0.1) is 0 Å². The van der Waals surface area contributed by atoms with Gasteiger partial charge in [-0.25, -0.2) is 15.0 Å². The Bertz CT molecular complexity index is 3710. The monoisotopic (exact) mass is 672 g/mol. The largest absolute Gasteiger partial charge is 0.455 e. The molecule has 3 heterocycles. The molecule has 0 saturated heterocycles. The predicted molar refractivity (Wildman–Crippen MR) is 207 cm³/mol. The summed E-state index contributed by atoms with van der Waals surface area (Å²) in [6, 6.07) is 11.9. The van der Waals surface area contributed by atoms with Gasteiger partial charge in [-0.05, 0) is 47.0 Å². The quantitative estimate of drug-likeness (QED) is 0.183. The first kappa shape index (κ1) is 17.3. The van der Waals surface area contributed by atoms with Gasteiger partial charge in [-0.2, -0.15) is 0 Å². The molecule has 10 rings (SSSR count). The number of furan rings is 1. The van der Waals surface area contributed by atoms with Gasteiger partial charge in [0.1, 0.15) is 11.2 Å². The second-order valence-electron chi connectivity index (χ2n) is 11.2. The maximum absolute atomic E-state index is 9.55. The molecule has 0 spiro atoms. The van der Waals surface area contributed by atoms with Gasteiger partial charge in [0.2, 0.25) is 0 Å². The van der Waals surface area contributed by atoms with Gasteiger partial charge >= 0.3 is 0 Å². The van der Waals surface area contributed by atoms with E-state index in [1.165, 1.54) is 0 Å². The van der Waals surface area contributed by atoms with Gasteiger partial charge in [0.25, 0.3) is 0 Å². The number of para-hydroxylation sites is 1. The molecule has 0 unspecified atom stereocenters. The van der Waals surface area contributed by atoms with Crippen molar-refractivity contribution in [3.63, 3.8) is 0 Å². The highest BCUT2D eigenvalue weighted by Crippen LogP contribution is 2.39. The van der Waals surface area contributed by atoms with Crippen LogP contribution in [0.2, 0.25) is 0 Å². The summed E-state index contributed by atoms with van der Waals surface area (Å²) in [6.45, 7) is 0. The number of hydrogen-bond donors (Lipinski definition) is 0. The molecular formula is C45H27N3OS. The van der Waals surface area contributed by atoms with Gasteiger partial charge in [-0.15, -0.1) is 11.3 Å². The van der Waals surface area contributed by atoms with Crippen LogP contribution in [0.3, 0.4) is 0 Å². The molecule has 0 aliphatic heterocycles. The van der Waals surface area contributed by atoms with Gasteiger partial charge in [0, 0.05) is 53.2 Å². The van der Waals surface area contributed by atoms with Crippen molar-refractivity contribution in [2.45, 2.75) is 0 Å². The summed E-state index contributed by atoms with van der Waals surface area (Å²) in [5.41, 5.74) is -2.18. The standard InChI is InChI=1S/C45H27N3OS/c1-3-11-28(12-4-1)30-15-9-16-31(25-30)34-18-10-19-38-35-23-21-32(26-39(35)49-42(34)38)44-46-43(29-13-5-2-6-14-29)47-45(48-44)33-22-24-37-36-17-7-8-20-40(36)50-41(37)27-33/h1-27H/i1D,3D,4D,9D,10D,11D,12D,15D,16D,18D,19D,21D,23D,25D,26D. The zero-order valence-corrected chi connectivity index (χ0v) is 26.4. The maximum atomic E-state index is 9.55. The Morgan fingerprint density at radius 2 is 1.18 bits per heavy atom. The van der Waals surface area contributed by atoms with Gasteiger partial charge in [0.05, 0.1) is 20.6 Å². The van der Waals surface area contributed by atoms with Crippen molar-refractivity contribution in [1.29, 1.82) is 0 Å². The van der Waals surface area contributed by atoms with Gasteiger partial charge in [0.15, 0.2) is 17.5 Å². The third-order valence-corrected chi connectivity index (χ3v) is 9.35. The van der Waals surface area contributed by atoms with E-state index in [-0.39, 0.29) is 39.4 Å². The molecule has 0 saturated carbocycles. The number of rotatable bonds is 5. The average Bonchev–Trinajstić information content (AvgIpc) is 3.90. The summed E-state index contributed by atoms with van der Waals surface area (Å²) in [5, 5.41) is 1.56. The minimum absolute atomic E-state index is 0.153. The van der Waals surface area contributed by atoms with Crippen LogP contribution >= 0.6 is 11.3 Å². The van der Waals surface area contributed by atoms with Crippen molar-refractivity contribution < 1.29 is 25.0 Å². The highest BCUT2D eigenvalue weighted by Gasteiger charge is 2.17. The van der Waals surface area contributed by atoms with E-state index in [1.807, 2.05) is 48.5 Å². The Hall–Kier alpha value is -6.43. The molecule has 10 aromatic rings. The van der Waals surface area contributed by atoms with Crippen molar-refractivity contribution in [3.8, 4) is 56.4 Å².